The summed E-state index contributed by atoms with van der Waals surface area (Å²) < 4.78 is 1.54. The van der Waals surface area contributed by atoms with Crippen molar-refractivity contribution in [2.45, 2.75) is 25.9 Å². The topological polar surface area (TPSA) is 93.1 Å². The summed E-state index contributed by atoms with van der Waals surface area (Å²) >= 11 is 1.13. The Morgan fingerprint density at radius 3 is 2.57 bits per heavy atom. The molecule has 0 saturated heterocycles. The second kappa shape index (κ2) is 8.26. The van der Waals surface area contributed by atoms with Crippen LogP contribution >= 0.6 is 11.8 Å². The van der Waals surface area contributed by atoms with Crippen LogP contribution < -0.4 is 16.4 Å². The number of aromatic nitrogens is 2. The summed E-state index contributed by atoms with van der Waals surface area (Å²) in [5.74, 6) is -0.764. The molecule has 28 heavy (non-hydrogen) atoms. The number of hydrogen-bond donors (Lipinski definition) is 2. The molecule has 1 aromatic heterocycles. The molecule has 0 aliphatic rings. The molecular weight excluding hydrogens is 376 g/mol. The molecule has 1 heterocycles. The number of rotatable bonds is 4. The highest BCUT2D eigenvalue weighted by Gasteiger charge is 2.16. The van der Waals surface area contributed by atoms with Crippen molar-refractivity contribution in [2.75, 3.05) is 5.75 Å². The molecule has 2 aromatic carbocycles. The number of nitrogens with zero attached hydrogens (tertiary/aromatic N) is 2. The lowest BCUT2D eigenvalue weighted by atomic mass is 10.1. The van der Waals surface area contributed by atoms with Crippen molar-refractivity contribution < 1.29 is 9.59 Å². The van der Waals surface area contributed by atoms with Gasteiger partial charge in [-0.25, -0.2) is 4.98 Å². The number of amides is 2. The van der Waals surface area contributed by atoms with Gasteiger partial charge in [0.1, 0.15) is 0 Å². The Labute approximate surface area is 166 Å². The van der Waals surface area contributed by atoms with Gasteiger partial charge >= 0.3 is 0 Å². The lowest BCUT2D eigenvalue weighted by molar-refractivity contribution is -0.126. The minimum absolute atomic E-state index is 0.00404. The predicted molar refractivity (Wildman–Crippen MR) is 109 cm³/mol. The van der Waals surface area contributed by atoms with Gasteiger partial charge in [-0.3, -0.25) is 29.8 Å². The molecular formula is C20H20N4O3S. The summed E-state index contributed by atoms with van der Waals surface area (Å²) in [4.78, 5) is 40.7. The number of fused-ring (bicyclic) bond motifs is 1. The monoisotopic (exact) mass is 396 g/mol. The van der Waals surface area contributed by atoms with Crippen molar-refractivity contribution in [3.8, 4) is 5.69 Å². The summed E-state index contributed by atoms with van der Waals surface area (Å²) in [5, 5.41) is 0.922. The molecule has 0 bridgehead atoms. The Balaban J connectivity index is 2.07. The van der Waals surface area contributed by atoms with Gasteiger partial charge in [0.05, 0.1) is 22.3 Å². The fourth-order valence-electron chi connectivity index (χ4n) is 2.72. The molecule has 8 heteroatoms. The predicted octanol–water partition coefficient (Wildman–Crippen LogP) is 2.26. The van der Waals surface area contributed by atoms with E-state index in [-0.39, 0.29) is 17.2 Å². The first-order valence-electron chi connectivity index (χ1n) is 8.65. The number of hydrogen-bond acceptors (Lipinski definition) is 5. The van der Waals surface area contributed by atoms with Crippen molar-refractivity contribution in [1.82, 2.24) is 20.4 Å². The first-order valence-corrected chi connectivity index (χ1v) is 9.63. The Hall–Kier alpha value is -3.13. The van der Waals surface area contributed by atoms with E-state index in [1.165, 1.54) is 6.92 Å². The number of para-hydroxylation sites is 1. The van der Waals surface area contributed by atoms with Gasteiger partial charge in [0, 0.05) is 6.92 Å². The highest BCUT2D eigenvalue weighted by Crippen LogP contribution is 2.24. The number of carbonyl (C=O) groups is 2. The Bertz CT molecular complexity index is 1120. The molecule has 0 radical (unpaired) electrons. The molecule has 0 unspecified atom stereocenters. The van der Waals surface area contributed by atoms with Gasteiger partial charge in [-0.15, -0.1) is 0 Å². The lowest BCUT2D eigenvalue weighted by Gasteiger charge is -2.16. The van der Waals surface area contributed by atoms with E-state index in [1.807, 2.05) is 38.1 Å². The zero-order chi connectivity index (χ0) is 20.3. The fourth-order valence-corrected chi connectivity index (χ4v) is 3.53. The van der Waals surface area contributed by atoms with Gasteiger partial charge in [-0.05, 0) is 43.2 Å². The van der Waals surface area contributed by atoms with E-state index in [1.54, 1.807) is 22.8 Å². The average molecular weight is 396 g/mol. The summed E-state index contributed by atoms with van der Waals surface area (Å²) in [5.41, 5.74) is 7.68. The molecule has 0 spiro atoms. The average Bonchev–Trinajstić information content (AvgIpc) is 2.67. The van der Waals surface area contributed by atoms with Crippen LogP contribution in [0.5, 0.6) is 0 Å². The standard InChI is InChI=1S/C20H20N4O3S/c1-12-7-6-10-17(13(12)2)24-19(27)15-8-4-5-9-16(15)21-20(24)28-11-18(26)23-22-14(3)25/h4-10H,11H2,1-3H3,(H,22,25)(H,23,26). The number of carbonyl (C=O) groups excluding carboxylic acids is 2. The quantitative estimate of drug-likeness (QED) is 0.401. The van der Waals surface area contributed by atoms with E-state index < -0.39 is 5.91 Å². The maximum absolute atomic E-state index is 13.2. The molecule has 2 N–H and O–H groups in total. The zero-order valence-corrected chi connectivity index (χ0v) is 16.6. The van der Waals surface area contributed by atoms with E-state index in [9.17, 15) is 14.4 Å². The van der Waals surface area contributed by atoms with Crippen LogP contribution in [0.2, 0.25) is 0 Å². The molecule has 0 saturated carbocycles. The van der Waals surface area contributed by atoms with Crippen molar-refractivity contribution in [2.24, 2.45) is 0 Å². The molecule has 0 fully saturated rings. The SMILES string of the molecule is CC(=O)NNC(=O)CSc1nc2ccccc2c(=O)n1-c1cccc(C)c1C. The molecule has 7 nitrogen and oxygen atoms in total. The smallest absolute Gasteiger partial charge is 0.266 e. The first kappa shape index (κ1) is 19.6. The third kappa shape index (κ3) is 4.07. The second-order valence-electron chi connectivity index (χ2n) is 6.29. The van der Waals surface area contributed by atoms with Crippen molar-refractivity contribution in [3.63, 3.8) is 0 Å². The lowest BCUT2D eigenvalue weighted by Crippen LogP contribution is -2.41. The third-order valence-electron chi connectivity index (χ3n) is 4.27. The third-order valence-corrected chi connectivity index (χ3v) is 5.21. The van der Waals surface area contributed by atoms with Crippen LogP contribution in [0.3, 0.4) is 0 Å². The van der Waals surface area contributed by atoms with Crippen LogP contribution in [0.1, 0.15) is 18.1 Å². The van der Waals surface area contributed by atoms with Gasteiger partial charge < -0.3 is 0 Å². The van der Waals surface area contributed by atoms with E-state index in [4.69, 9.17) is 0 Å². The Morgan fingerprint density at radius 2 is 1.82 bits per heavy atom. The summed E-state index contributed by atoms with van der Waals surface area (Å²) in [6, 6.07) is 12.8. The van der Waals surface area contributed by atoms with Gasteiger partial charge in [-0.2, -0.15) is 0 Å². The van der Waals surface area contributed by atoms with Crippen LogP contribution in [-0.4, -0.2) is 27.1 Å². The number of nitrogens with one attached hydrogen (secondary N) is 2. The second-order valence-corrected chi connectivity index (χ2v) is 7.23. The fraction of sp³-hybridized carbons (Fsp3) is 0.200. The van der Waals surface area contributed by atoms with E-state index in [0.29, 0.717) is 16.1 Å². The first-order chi connectivity index (χ1) is 13.4. The molecule has 144 valence electrons. The molecule has 3 aromatic rings. The van der Waals surface area contributed by atoms with Crippen LogP contribution in [0.25, 0.3) is 16.6 Å². The highest BCUT2D eigenvalue weighted by molar-refractivity contribution is 7.99. The van der Waals surface area contributed by atoms with Crippen LogP contribution in [0.4, 0.5) is 0 Å². The van der Waals surface area contributed by atoms with E-state index in [0.717, 1.165) is 28.6 Å². The number of hydrazine groups is 1. The number of benzene rings is 2. The van der Waals surface area contributed by atoms with E-state index in [2.05, 4.69) is 15.8 Å². The summed E-state index contributed by atoms with van der Waals surface area (Å²) in [6.45, 7) is 5.23. The molecule has 0 aliphatic heterocycles. The number of aryl methyl sites for hydroxylation is 1. The van der Waals surface area contributed by atoms with Gasteiger partial charge in [0.2, 0.25) is 11.8 Å². The van der Waals surface area contributed by atoms with Crippen molar-refractivity contribution in [3.05, 3.63) is 63.9 Å². The van der Waals surface area contributed by atoms with Crippen molar-refractivity contribution in [1.29, 1.82) is 0 Å². The molecule has 2 amide bonds. The van der Waals surface area contributed by atoms with Crippen LogP contribution in [-0.2, 0) is 9.59 Å². The van der Waals surface area contributed by atoms with Crippen molar-refractivity contribution >= 4 is 34.5 Å². The van der Waals surface area contributed by atoms with Crippen LogP contribution in [0.15, 0.2) is 52.4 Å². The molecule has 3 rings (SSSR count). The Morgan fingerprint density at radius 1 is 1.07 bits per heavy atom. The number of thioether (sulfide) groups is 1. The maximum Gasteiger partial charge on any atom is 0.266 e. The normalized spacial score (nSPS) is 10.7. The van der Waals surface area contributed by atoms with Gasteiger partial charge in [-0.1, -0.05) is 36.0 Å². The molecule has 0 atom stereocenters. The van der Waals surface area contributed by atoms with E-state index >= 15 is 0 Å². The minimum atomic E-state index is -0.393. The largest absolute Gasteiger partial charge is 0.274 e. The minimum Gasteiger partial charge on any atom is -0.274 e. The van der Waals surface area contributed by atoms with Gasteiger partial charge in [0.25, 0.3) is 5.56 Å². The van der Waals surface area contributed by atoms with Gasteiger partial charge in [0.15, 0.2) is 5.16 Å². The summed E-state index contributed by atoms with van der Waals surface area (Å²) in [7, 11) is 0. The maximum atomic E-state index is 13.2. The van der Waals surface area contributed by atoms with Crippen LogP contribution in [0, 0.1) is 13.8 Å². The molecule has 0 aliphatic carbocycles. The zero-order valence-electron chi connectivity index (χ0n) is 15.8. The summed E-state index contributed by atoms with van der Waals surface area (Å²) in [6.07, 6.45) is 0. The highest BCUT2D eigenvalue weighted by atomic mass is 32.2. The Kier molecular flexibility index (Phi) is 5.79.